The molecule has 0 heterocycles. The molecule has 0 atom stereocenters. The Hall–Kier alpha value is -3.84. The van der Waals surface area contributed by atoms with E-state index in [9.17, 15) is 9.59 Å². The Bertz CT molecular complexity index is 1070. The van der Waals surface area contributed by atoms with E-state index in [1.165, 1.54) is 0 Å². The zero-order valence-electron chi connectivity index (χ0n) is 18.2. The lowest BCUT2D eigenvalue weighted by atomic mass is 10.1. The number of amides is 3. The molecule has 3 rings (SSSR count). The van der Waals surface area contributed by atoms with Crippen LogP contribution in [0.4, 0.5) is 16.2 Å². The van der Waals surface area contributed by atoms with Gasteiger partial charge in [-0.2, -0.15) is 0 Å². The Labute approximate surface area is 187 Å². The molecular weight excluding hydrogens is 406 g/mol. The molecule has 3 amide bonds. The van der Waals surface area contributed by atoms with Gasteiger partial charge in [0.05, 0.1) is 6.61 Å². The standard InChI is InChI=1S/C25H27N3O4/c1-18-6-3-9-21(14-18)27-25(30)28-22-10-4-7-19(15-22)17-26-24(29)20-8-5-11-23(16-20)32-13-12-31-2/h3-11,14-16H,12-13,17H2,1-2H3,(H,26,29)(H2,27,28,30). The first-order chi connectivity index (χ1) is 15.5. The Morgan fingerprint density at radius 3 is 2.31 bits per heavy atom. The van der Waals surface area contributed by atoms with E-state index < -0.39 is 0 Å². The van der Waals surface area contributed by atoms with Gasteiger partial charge in [-0.1, -0.05) is 30.3 Å². The first kappa shape index (κ1) is 22.8. The Kier molecular flexibility index (Phi) is 8.22. The second-order valence-corrected chi connectivity index (χ2v) is 7.20. The predicted octanol–water partition coefficient (Wildman–Crippen LogP) is 4.59. The van der Waals surface area contributed by atoms with Crippen molar-refractivity contribution in [3.05, 3.63) is 89.5 Å². The second-order valence-electron chi connectivity index (χ2n) is 7.20. The average molecular weight is 434 g/mol. The van der Waals surface area contributed by atoms with Crippen molar-refractivity contribution in [3.63, 3.8) is 0 Å². The number of aryl methyl sites for hydroxylation is 1. The van der Waals surface area contributed by atoms with Crippen molar-refractivity contribution in [2.45, 2.75) is 13.5 Å². The third-order valence-corrected chi connectivity index (χ3v) is 4.57. The zero-order valence-corrected chi connectivity index (χ0v) is 18.2. The molecule has 0 aliphatic heterocycles. The van der Waals surface area contributed by atoms with E-state index in [0.717, 1.165) is 16.8 Å². The van der Waals surface area contributed by atoms with Gasteiger partial charge in [-0.25, -0.2) is 4.79 Å². The maximum absolute atomic E-state index is 12.5. The summed E-state index contributed by atoms with van der Waals surface area (Å²) < 4.78 is 10.5. The van der Waals surface area contributed by atoms with Crippen molar-refractivity contribution < 1.29 is 19.1 Å². The lowest BCUT2D eigenvalue weighted by Crippen LogP contribution is -2.23. The Morgan fingerprint density at radius 2 is 1.56 bits per heavy atom. The summed E-state index contributed by atoms with van der Waals surface area (Å²) in [7, 11) is 1.61. The fourth-order valence-corrected chi connectivity index (χ4v) is 3.03. The quantitative estimate of drug-likeness (QED) is 0.431. The molecule has 3 aromatic rings. The molecule has 0 radical (unpaired) electrons. The van der Waals surface area contributed by atoms with Gasteiger partial charge in [0.15, 0.2) is 0 Å². The summed E-state index contributed by atoms with van der Waals surface area (Å²) in [5, 5.41) is 8.51. The minimum atomic E-state index is -0.331. The molecule has 0 aromatic heterocycles. The molecule has 0 aliphatic carbocycles. The highest BCUT2D eigenvalue weighted by Gasteiger charge is 2.08. The predicted molar refractivity (Wildman–Crippen MR) is 125 cm³/mol. The first-order valence-electron chi connectivity index (χ1n) is 10.3. The summed E-state index contributed by atoms with van der Waals surface area (Å²) in [6, 6.07) is 21.6. The van der Waals surface area contributed by atoms with Crippen LogP contribution in [0.1, 0.15) is 21.5 Å². The van der Waals surface area contributed by atoms with E-state index >= 15 is 0 Å². The molecule has 0 fully saturated rings. The van der Waals surface area contributed by atoms with Crippen LogP contribution < -0.4 is 20.7 Å². The van der Waals surface area contributed by atoms with Crippen LogP contribution in [-0.4, -0.2) is 32.3 Å². The van der Waals surface area contributed by atoms with Crippen LogP contribution in [0.3, 0.4) is 0 Å². The van der Waals surface area contributed by atoms with Crippen molar-refractivity contribution in [1.82, 2.24) is 5.32 Å². The lowest BCUT2D eigenvalue weighted by Gasteiger charge is -2.11. The topological polar surface area (TPSA) is 88.7 Å². The number of carbonyl (C=O) groups is 2. The second kappa shape index (κ2) is 11.5. The van der Waals surface area contributed by atoms with Gasteiger partial charge >= 0.3 is 6.03 Å². The van der Waals surface area contributed by atoms with Crippen molar-refractivity contribution >= 4 is 23.3 Å². The van der Waals surface area contributed by atoms with Crippen LogP contribution in [-0.2, 0) is 11.3 Å². The van der Waals surface area contributed by atoms with Crippen molar-refractivity contribution in [2.24, 2.45) is 0 Å². The third-order valence-electron chi connectivity index (χ3n) is 4.57. The van der Waals surface area contributed by atoms with Crippen molar-refractivity contribution in [1.29, 1.82) is 0 Å². The molecule has 0 saturated heterocycles. The number of hydrogen-bond acceptors (Lipinski definition) is 4. The Morgan fingerprint density at radius 1 is 0.844 bits per heavy atom. The van der Waals surface area contributed by atoms with Gasteiger partial charge < -0.3 is 25.4 Å². The number of hydrogen-bond donors (Lipinski definition) is 3. The van der Waals surface area contributed by atoms with Crippen molar-refractivity contribution in [3.8, 4) is 5.75 Å². The number of methoxy groups -OCH3 is 1. The summed E-state index contributed by atoms with van der Waals surface area (Å²) in [5.41, 5.74) is 3.79. The molecule has 7 nitrogen and oxygen atoms in total. The number of benzene rings is 3. The molecule has 3 aromatic carbocycles. The summed E-state index contributed by atoms with van der Waals surface area (Å²) in [4.78, 5) is 24.8. The van der Waals surface area contributed by atoms with Gasteiger partial charge in [0.25, 0.3) is 5.91 Å². The molecule has 3 N–H and O–H groups in total. The maximum Gasteiger partial charge on any atom is 0.323 e. The van der Waals surface area contributed by atoms with Crippen LogP contribution in [0.2, 0.25) is 0 Å². The lowest BCUT2D eigenvalue weighted by molar-refractivity contribution is 0.0950. The fourth-order valence-electron chi connectivity index (χ4n) is 3.03. The smallest absolute Gasteiger partial charge is 0.323 e. The molecular formula is C25H27N3O4. The monoisotopic (exact) mass is 433 g/mol. The number of rotatable bonds is 9. The SMILES string of the molecule is COCCOc1cccc(C(=O)NCc2cccc(NC(=O)Nc3cccc(C)c3)c2)c1. The van der Waals surface area contributed by atoms with E-state index in [1.807, 2.05) is 49.4 Å². The van der Waals surface area contributed by atoms with E-state index in [1.54, 1.807) is 37.4 Å². The molecule has 7 heteroatoms. The van der Waals surface area contributed by atoms with Crippen LogP contribution in [0.5, 0.6) is 5.75 Å². The molecule has 0 aliphatic rings. The highest BCUT2D eigenvalue weighted by atomic mass is 16.5. The van der Waals surface area contributed by atoms with E-state index in [4.69, 9.17) is 9.47 Å². The normalized spacial score (nSPS) is 10.3. The molecule has 32 heavy (non-hydrogen) atoms. The van der Waals surface area contributed by atoms with Gasteiger partial charge in [-0.3, -0.25) is 4.79 Å². The van der Waals surface area contributed by atoms with Crippen LogP contribution in [0, 0.1) is 6.92 Å². The summed E-state index contributed by atoms with van der Waals surface area (Å²) >= 11 is 0. The molecule has 0 saturated carbocycles. The largest absolute Gasteiger partial charge is 0.491 e. The van der Waals surface area contributed by atoms with E-state index in [-0.39, 0.29) is 11.9 Å². The van der Waals surface area contributed by atoms with Gasteiger partial charge in [0.1, 0.15) is 12.4 Å². The highest BCUT2D eigenvalue weighted by molar-refractivity contribution is 5.99. The van der Waals surface area contributed by atoms with Gasteiger partial charge in [0.2, 0.25) is 0 Å². The van der Waals surface area contributed by atoms with Gasteiger partial charge in [-0.15, -0.1) is 0 Å². The number of nitrogens with one attached hydrogen (secondary N) is 3. The number of urea groups is 1. The number of ether oxygens (including phenoxy) is 2. The fraction of sp³-hybridized carbons (Fsp3) is 0.200. The molecule has 0 unspecified atom stereocenters. The van der Waals surface area contributed by atoms with Crippen LogP contribution in [0.15, 0.2) is 72.8 Å². The number of anilines is 2. The number of carbonyl (C=O) groups excluding carboxylic acids is 2. The minimum absolute atomic E-state index is 0.210. The summed E-state index contributed by atoms with van der Waals surface area (Å²) in [6.45, 7) is 3.18. The third kappa shape index (κ3) is 7.14. The minimum Gasteiger partial charge on any atom is -0.491 e. The van der Waals surface area contributed by atoms with Gasteiger partial charge in [0, 0.05) is 30.6 Å². The average Bonchev–Trinajstić information content (AvgIpc) is 2.78. The van der Waals surface area contributed by atoms with Crippen LogP contribution >= 0.6 is 0 Å². The maximum atomic E-state index is 12.5. The Balaban J connectivity index is 1.54. The van der Waals surface area contributed by atoms with E-state index in [0.29, 0.717) is 36.8 Å². The van der Waals surface area contributed by atoms with E-state index in [2.05, 4.69) is 16.0 Å². The first-order valence-corrected chi connectivity index (χ1v) is 10.3. The zero-order chi connectivity index (χ0) is 22.8. The summed E-state index contributed by atoms with van der Waals surface area (Å²) in [6.07, 6.45) is 0. The van der Waals surface area contributed by atoms with Crippen LogP contribution in [0.25, 0.3) is 0 Å². The highest BCUT2D eigenvalue weighted by Crippen LogP contribution is 2.15. The van der Waals surface area contributed by atoms with Crippen molar-refractivity contribution in [2.75, 3.05) is 31.0 Å². The van der Waals surface area contributed by atoms with Gasteiger partial charge in [-0.05, 0) is 60.5 Å². The molecule has 0 bridgehead atoms. The molecule has 0 spiro atoms. The summed E-state index contributed by atoms with van der Waals surface area (Å²) in [5.74, 6) is 0.401. The molecule has 166 valence electrons.